The third kappa shape index (κ3) is 2.48. The molecule has 1 aromatic rings. The summed E-state index contributed by atoms with van der Waals surface area (Å²) in [6, 6.07) is 3.93. The number of thiophene rings is 1. The zero-order chi connectivity index (χ0) is 13.0. The highest BCUT2D eigenvalue weighted by Gasteiger charge is 2.47. The van der Waals surface area contributed by atoms with Crippen molar-refractivity contribution in [3.63, 3.8) is 0 Å². The van der Waals surface area contributed by atoms with Crippen molar-refractivity contribution < 1.29 is 14.3 Å². The highest BCUT2D eigenvalue weighted by molar-refractivity contribution is 7.09. The molecule has 98 valence electrons. The first kappa shape index (κ1) is 13.3. The smallest absolute Gasteiger partial charge is 0.319 e. The number of esters is 1. The minimum atomic E-state index is -0.918. The van der Waals surface area contributed by atoms with Gasteiger partial charge in [0.05, 0.1) is 6.61 Å². The number of carbonyl (C=O) groups excluding carboxylic acids is 2. The van der Waals surface area contributed by atoms with Gasteiger partial charge in [0, 0.05) is 17.7 Å². The van der Waals surface area contributed by atoms with E-state index in [-0.39, 0.29) is 11.8 Å². The summed E-state index contributed by atoms with van der Waals surface area (Å²) in [5.41, 5.74) is -0.918. The molecular weight excluding hydrogens is 248 g/mol. The first-order valence-corrected chi connectivity index (χ1v) is 7.30. The van der Waals surface area contributed by atoms with Crippen LogP contribution in [-0.4, -0.2) is 18.4 Å². The summed E-state index contributed by atoms with van der Waals surface area (Å²) in [5, 5.41) is 1.97. The molecule has 1 aromatic heterocycles. The average molecular weight is 266 g/mol. The number of Topliss-reactive ketones (excluding diaryl/α,β-unsaturated/α-hetero) is 1. The topological polar surface area (TPSA) is 43.4 Å². The molecule has 0 spiro atoms. The lowest BCUT2D eigenvalue weighted by Gasteiger charge is -2.32. The van der Waals surface area contributed by atoms with E-state index in [0.717, 1.165) is 17.7 Å². The second-order valence-corrected chi connectivity index (χ2v) is 5.72. The van der Waals surface area contributed by atoms with Gasteiger partial charge in [0.15, 0.2) is 5.78 Å². The number of carbonyl (C=O) groups is 2. The molecule has 0 saturated heterocycles. The van der Waals surface area contributed by atoms with Crippen LogP contribution >= 0.6 is 11.3 Å². The second-order valence-electron chi connectivity index (χ2n) is 4.69. The van der Waals surface area contributed by atoms with Gasteiger partial charge in [0.2, 0.25) is 0 Å². The van der Waals surface area contributed by atoms with Gasteiger partial charge in [-0.1, -0.05) is 12.5 Å². The number of hydrogen-bond acceptors (Lipinski definition) is 4. The molecule has 0 amide bonds. The summed E-state index contributed by atoms with van der Waals surface area (Å²) in [7, 11) is 0. The summed E-state index contributed by atoms with van der Waals surface area (Å²) in [6.45, 7) is 2.11. The standard InChI is InChI=1S/C14H18O3S/c1-2-17-13(16)14(8-4-3-7-12(14)15)10-11-6-5-9-18-11/h5-6,9H,2-4,7-8,10H2,1H3. The quantitative estimate of drug-likeness (QED) is 0.621. The van der Waals surface area contributed by atoms with E-state index in [0.29, 0.717) is 25.9 Å². The molecule has 0 radical (unpaired) electrons. The molecule has 1 unspecified atom stereocenters. The molecule has 0 aromatic carbocycles. The Morgan fingerprint density at radius 3 is 2.94 bits per heavy atom. The van der Waals surface area contributed by atoms with Crippen LogP contribution in [0.15, 0.2) is 17.5 Å². The molecule has 1 atom stereocenters. The van der Waals surface area contributed by atoms with E-state index in [1.807, 2.05) is 17.5 Å². The van der Waals surface area contributed by atoms with Gasteiger partial charge >= 0.3 is 5.97 Å². The van der Waals surface area contributed by atoms with E-state index in [1.54, 1.807) is 18.3 Å². The summed E-state index contributed by atoms with van der Waals surface area (Å²) in [5.74, 6) is -0.274. The third-order valence-corrected chi connectivity index (χ3v) is 4.39. The van der Waals surface area contributed by atoms with Gasteiger partial charge in [-0.3, -0.25) is 9.59 Å². The number of hydrogen-bond donors (Lipinski definition) is 0. The summed E-state index contributed by atoms with van der Waals surface area (Å²) < 4.78 is 5.15. The van der Waals surface area contributed by atoms with Crippen LogP contribution in [-0.2, 0) is 20.7 Å². The minimum absolute atomic E-state index is 0.0561. The average Bonchev–Trinajstić information content (AvgIpc) is 2.85. The first-order chi connectivity index (χ1) is 8.69. The second kappa shape index (κ2) is 5.65. The fraction of sp³-hybridized carbons (Fsp3) is 0.571. The molecule has 0 N–H and O–H groups in total. The maximum absolute atomic E-state index is 12.3. The molecule has 18 heavy (non-hydrogen) atoms. The Hall–Kier alpha value is -1.16. The van der Waals surface area contributed by atoms with Crippen LogP contribution in [0.1, 0.15) is 37.5 Å². The van der Waals surface area contributed by atoms with E-state index in [9.17, 15) is 9.59 Å². The van der Waals surface area contributed by atoms with Gasteiger partial charge in [-0.25, -0.2) is 0 Å². The monoisotopic (exact) mass is 266 g/mol. The molecule has 1 heterocycles. The van der Waals surface area contributed by atoms with Crippen molar-refractivity contribution >= 4 is 23.1 Å². The summed E-state index contributed by atoms with van der Waals surface area (Å²) >= 11 is 1.59. The summed E-state index contributed by atoms with van der Waals surface area (Å²) in [6.07, 6.45) is 3.45. The van der Waals surface area contributed by atoms with Gasteiger partial charge in [0.1, 0.15) is 5.41 Å². The molecular formula is C14H18O3S. The highest BCUT2D eigenvalue weighted by Crippen LogP contribution is 2.38. The molecule has 1 aliphatic carbocycles. The number of ketones is 1. The Morgan fingerprint density at radius 2 is 2.33 bits per heavy atom. The van der Waals surface area contributed by atoms with Crippen LogP contribution in [0.25, 0.3) is 0 Å². The van der Waals surface area contributed by atoms with Crippen molar-refractivity contribution in [2.45, 2.75) is 39.0 Å². The lowest BCUT2D eigenvalue weighted by Crippen LogP contribution is -2.44. The lowest BCUT2D eigenvalue weighted by atomic mass is 9.70. The Bertz CT molecular complexity index is 424. The lowest BCUT2D eigenvalue weighted by molar-refractivity contribution is -0.162. The van der Waals surface area contributed by atoms with Crippen LogP contribution in [0.4, 0.5) is 0 Å². The minimum Gasteiger partial charge on any atom is -0.465 e. The van der Waals surface area contributed by atoms with E-state index in [2.05, 4.69) is 0 Å². The van der Waals surface area contributed by atoms with Gasteiger partial charge < -0.3 is 4.74 Å². The molecule has 0 aliphatic heterocycles. The van der Waals surface area contributed by atoms with Crippen LogP contribution in [0.3, 0.4) is 0 Å². The molecule has 2 rings (SSSR count). The molecule has 1 saturated carbocycles. The Morgan fingerprint density at radius 1 is 1.50 bits per heavy atom. The predicted molar refractivity (Wildman–Crippen MR) is 70.6 cm³/mol. The van der Waals surface area contributed by atoms with Crippen LogP contribution in [0.5, 0.6) is 0 Å². The van der Waals surface area contributed by atoms with E-state index < -0.39 is 5.41 Å². The Labute approximate surface area is 111 Å². The van der Waals surface area contributed by atoms with E-state index in [1.165, 1.54) is 0 Å². The van der Waals surface area contributed by atoms with Crippen molar-refractivity contribution in [3.8, 4) is 0 Å². The van der Waals surface area contributed by atoms with Crippen molar-refractivity contribution in [2.24, 2.45) is 5.41 Å². The van der Waals surface area contributed by atoms with Gasteiger partial charge in [0.25, 0.3) is 0 Å². The zero-order valence-electron chi connectivity index (χ0n) is 10.6. The fourth-order valence-corrected chi connectivity index (χ4v) is 3.36. The van der Waals surface area contributed by atoms with Gasteiger partial charge in [-0.05, 0) is 31.2 Å². The van der Waals surface area contributed by atoms with Crippen molar-refractivity contribution in [1.82, 2.24) is 0 Å². The highest BCUT2D eigenvalue weighted by atomic mass is 32.1. The van der Waals surface area contributed by atoms with E-state index >= 15 is 0 Å². The third-order valence-electron chi connectivity index (χ3n) is 3.51. The zero-order valence-corrected chi connectivity index (χ0v) is 11.4. The normalized spacial score (nSPS) is 23.9. The number of ether oxygens (including phenoxy) is 1. The van der Waals surface area contributed by atoms with Crippen LogP contribution < -0.4 is 0 Å². The molecule has 0 bridgehead atoms. The largest absolute Gasteiger partial charge is 0.465 e. The fourth-order valence-electron chi connectivity index (χ4n) is 2.55. The van der Waals surface area contributed by atoms with Gasteiger partial charge in [-0.2, -0.15) is 0 Å². The first-order valence-electron chi connectivity index (χ1n) is 6.42. The SMILES string of the molecule is CCOC(=O)C1(Cc2cccs2)CCCCC1=O. The predicted octanol–water partition coefficient (Wildman–Crippen LogP) is 2.98. The molecule has 3 nitrogen and oxygen atoms in total. The molecule has 1 fully saturated rings. The Kier molecular flexibility index (Phi) is 4.17. The Balaban J connectivity index is 2.26. The molecule has 4 heteroatoms. The maximum Gasteiger partial charge on any atom is 0.319 e. The maximum atomic E-state index is 12.3. The summed E-state index contributed by atoms with van der Waals surface area (Å²) in [4.78, 5) is 25.6. The van der Waals surface area contributed by atoms with Crippen LogP contribution in [0, 0.1) is 5.41 Å². The van der Waals surface area contributed by atoms with Crippen LogP contribution in [0.2, 0.25) is 0 Å². The molecule has 1 aliphatic rings. The van der Waals surface area contributed by atoms with Gasteiger partial charge in [-0.15, -0.1) is 11.3 Å². The van der Waals surface area contributed by atoms with Crippen molar-refractivity contribution in [1.29, 1.82) is 0 Å². The van der Waals surface area contributed by atoms with Crippen molar-refractivity contribution in [2.75, 3.05) is 6.61 Å². The number of rotatable bonds is 4. The van der Waals surface area contributed by atoms with Crippen molar-refractivity contribution in [3.05, 3.63) is 22.4 Å². The van der Waals surface area contributed by atoms with E-state index in [4.69, 9.17) is 4.74 Å².